The van der Waals surface area contributed by atoms with Crippen LogP contribution in [0.5, 0.6) is 0 Å². The molecule has 2 aromatic rings. The number of rotatable bonds is 4. The highest BCUT2D eigenvalue weighted by Gasteiger charge is 2.34. The van der Waals surface area contributed by atoms with E-state index in [2.05, 4.69) is 0 Å². The zero-order chi connectivity index (χ0) is 18.7. The highest BCUT2D eigenvalue weighted by molar-refractivity contribution is 6.27. The molecule has 0 saturated carbocycles. The number of ketones is 1. The third-order valence-corrected chi connectivity index (χ3v) is 4.09. The summed E-state index contributed by atoms with van der Waals surface area (Å²) < 4.78 is 10.2. The van der Waals surface area contributed by atoms with Crippen molar-refractivity contribution in [2.24, 2.45) is 0 Å². The van der Waals surface area contributed by atoms with Crippen LogP contribution in [0.2, 0.25) is 0 Å². The minimum absolute atomic E-state index is 0.122. The van der Waals surface area contributed by atoms with E-state index in [0.29, 0.717) is 27.8 Å². The molecular weight excluding hydrogens is 332 g/mol. The maximum atomic E-state index is 12.8. The number of ether oxygens (including phenoxy) is 2. The van der Waals surface area contributed by atoms with E-state index in [1.165, 1.54) is 0 Å². The lowest BCUT2D eigenvalue weighted by molar-refractivity contribution is -0.146. The number of carbonyl (C=O) groups excluding carboxylic acids is 3. The average Bonchev–Trinajstić information content (AvgIpc) is 2.65. The molecule has 0 heterocycles. The van der Waals surface area contributed by atoms with Crippen molar-refractivity contribution < 1.29 is 23.9 Å². The molecule has 0 aliphatic heterocycles. The second-order valence-electron chi connectivity index (χ2n) is 5.61. The zero-order valence-corrected chi connectivity index (χ0v) is 14.6. The van der Waals surface area contributed by atoms with Crippen LogP contribution >= 0.6 is 0 Å². The topological polar surface area (TPSA) is 69.7 Å². The molecule has 26 heavy (non-hydrogen) atoms. The summed E-state index contributed by atoms with van der Waals surface area (Å²) >= 11 is 0. The molecule has 0 atom stereocenters. The van der Waals surface area contributed by atoms with Crippen LogP contribution in [0.25, 0.3) is 5.57 Å². The van der Waals surface area contributed by atoms with Gasteiger partial charge in [0.1, 0.15) is 0 Å². The average molecular weight is 350 g/mol. The number of esters is 2. The summed E-state index contributed by atoms with van der Waals surface area (Å²) in [5, 5.41) is 0. The van der Waals surface area contributed by atoms with Crippen LogP contribution in [0.15, 0.2) is 54.1 Å². The Morgan fingerprint density at radius 1 is 0.731 bits per heavy atom. The fourth-order valence-corrected chi connectivity index (χ4v) is 3.05. The summed E-state index contributed by atoms with van der Waals surface area (Å²) in [6, 6.07) is 13.8. The summed E-state index contributed by atoms with van der Waals surface area (Å²) in [7, 11) is 0. The maximum Gasteiger partial charge on any atom is 0.346 e. The number of carbonyl (C=O) groups is 3. The van der Waals surface area contributed by atoms with Crippen molar-refractivity contribution in [3.63, 3.8) is 0 Å². The van der Waals surface area contributed by atoms with Crippen LogP contribution in [-0.4, -0.2) is 30.9 Å². The minimum Gasteiger partial charge on any atom is -0.462 e. The van der Waals surface area contributed by atoms with Crippen molar-refractivity contribution in [1.82, 2.24) is 0 Å². The molecule has 1 aliphatic rings. The van der Waals surface area contributed by atoms with E-state index in [0.717, 1.165) is 0 Å². The molecular formula is C21H18O5. The van der Waals surface area contributed by atoms with Crippen molar-refractivity contribution in [2.45, 2.75) is 13.8 Å². The Morgan fingerprint density at radius 2 is 1.12 bits per heavy atom. The Labute approximate surface area is 151 Å². The molecule has 0 aromatic heterocycles. The van der Waals surface area contributed by atoms with Crippen LogP contribution < -0.4 is 0 Å². The van der Waals surface area contributed by atoms with E-state index in [-0.39, 0.29) is 24.6 Å². The maximum absolute atomic E-state index is 12.8. The lowest BCUT2D eigenvalue weighted by atomic mass is 9.79. The van der Waals surface area contributed by atoms with E-state index in [4.69, 9.17) is 9.47 Å². The molecule has 0 fully saturated rings. The highest BCUT2D eigenvalue weighted by Crippen LogP contribution is 2.38. The van der Waals surface area contributed by atoms with Gasteiger partial charge in [-0.1, -0.05) is 48.5 Å². The number of fused-ring (bicyclic) bond motifs is 2. The molecule has 1 aliphatic carbocycles. The lowest BCUT2D eigenvalue weighted by Crippen LogP contribution is -2.24. The Morgan fingerprint density at radius 3 is 1.50 bits per heavy atom. The van der Waals surface area contributed by atoms with Gasteiger partial charge >= 0.3 is 11.9 Å². The van der Waals surface area contributed by atoms with E-state index in [9.17, 15) is 14.4 Å². The molecule has 3 rings (SSSR count). The smallest absolute Gasteiger partial charge is 0.346 e. The molecule has 0 saturated heterocycles. The van der Waals surface area contributed by atoms with Crippen molar-refractivity contribution in [2.75, 3.05) is 13.2 Å². The zero-order valence-electron chi connectivity index (χ0n) is 14.6. The molecule has 132 valence electrons. The highest BCUT2D eigenvalue weighted by atomic mass is 16.6. The number of hydrogen-bond donors (Lipinski definition) is 0. The first kappa shape index (κ1) is 17.6. The van der Waals surface area contributed by atoms with Crippen molar-refractivity contribution >= 4 is 23.3 Å². The Bertz CT molecular complexity index is 852. The van der Waals surface area contributed by atoms with E-state index in [1.54, 1.807) is 62.4 Å². The fraction of sp³-hybridized carbons (Fsp3) is 0.190. The van der Waals surface area contributed by atoms with Gasteiger partial charge < -0.3 is 9.47 Å². The summed E-state index contributed by atoms with van der Waals surface area (Å²) in [5.74, 6) is -1.67. The van der Waals surface area contributed by atoms with Gasteiger partial charge in [0.25, 0.3) is 0 Å². The monoisotopic (exact) mass is 350 g/mol. The SMILES string of the molecule is CCOC(=O)C(C(=O)OCC)=C1c2ccccc2C(=O)c2ccccc21. The van der Waals surface area contributed by atoms with Crippen LogP contribution in [-0.2, 0) is 19.1 Å². The van der Waals surface area contributed by atoms with Crippen LogP contribution in [0.4, 0.5) is 0 Å². The molecule has 0 bridgehead atoms. The Hall–Kier alpha value is -3.21. The van der Waals surface area contributed by atoms with Crippen molar-refractivity contribution in [3.05, 3.63) is 76.4 Å². The van der Waals surface area contributed by atoms with Crippen molar-refractivity contribution in [3.8, 4) is 0 Å². The minimum atomic E-state index is -0.764. The number of hydrogen-bond acceptors (Lipinski definition) is 5. The van der Waals surface area contributed by atoms with Gasteiger partial charge in [0.05, 0.1) is 13.2 Å². The first-order valence-corrected chi connectivity index (χ1v) is 8.42. The predicted molar refractivity (Wildman–Crippen MR) is 95.6 cm³/mol. The normalized spacial score (nSPS) is 12.1. The van der Waals surface area contributed by atoms with Gasteiger partial charge in [-0.15, -0.1) is 0 Å². The van der Waals surface area contributed by atoms with E-state index < -0.39 is 11.9 Å². The summed E-state index contributed by atoms with van der Waals surface area (Å²) in [4.78, 5) is 38.0. The molecule has 0 N–H and O–H groups in total. The van der Waals surface area contributed by atoms with Crippen LogP contribution in [0, 0.1) is 0 Å². The third-order valence-electron chi connectivity index (χ3n) is 4.09. The molecule has 0 spiro atoms. The fourth-order valence-electron chi connectivity index (χ4n) is 3.05. The molecule has 0 amide bonds. The largest absolute Gasteiger partial charge is 0.462 e. The third kappa shape index (κ3) is 2.92. The van der Waals surface area contributed by atoms with E-state index >= 15 is 0 Å². The first-order chi connectivity index (χ1) is 12.6. The second-order valence-corrected chi connectivity index (χ2v) is 5.61. The standard InChI is InChI=1S/C21H18O5/c1-3-25-20(23)18(21(24)26-4-2)17-13-9-5-7-11-15(13)19(22)16-12-8-6-10-14(16)17/h5-12H,3-4H2,1-2H3. The Kier molecular flexibility index (Phi) is 4.98. The van der Waals surface area contributed by atoms with Crippen molar-refractivity contribution in [1.29, 1.82) is 0 Å². The van der Waals surface area contributed by atoms with E-state index in [1.807, 2.05) is 0 Å². The second kappa shape index (κ2) is 7.35. The molecule has 5 nitrogen and oxygen atoms in total. The molecule has 0 unspecified atom stereocenters. The Balaban J connectivity index is 2.38. The van der Waals surface area contributed by atoms with Gasteiger partial charge in [-0.3, -0.25) is 4.79 Å². The predicted octanol–water partition coefficient (Wildman–Crippen LogP) is 3.16. The lowest BCUT2D eigenvalue weighted by Gasteiger charge is -2.23. The van der Waals surface area contributed by atoms with Gasteiger partial charge in [-0.25, -0.2) is 9.59 Å². The van der Waals surface area contributed by atoms with Crippen LogP contribution in [0.3, 0.4) is 0 Å². The molecule has 0 radical (unpaired) electrons. The van der Waals surface area contributed by atoms with Crippen LogP contribution in [0.1, 0.15) is 40.9 Å². The molecule has 5 heteroatoms. The van der Waals surface area contributed by atoms with Gasteiger partial charge in [0.2, 0.25) is 0 Å². The van der Waals surface area contributed by atoms with Gasteiger partial charge in [0.15, 0.2) is 11.4 Å². The van der Waals surface area contributed by atoms with Gasteiger partial charge in [-0.05, 0) is 25.0 Å². The first-order valence-electron chi connectivity index (χ1n) is 8.42. The summed E-state index contributed by atoms with van der Waals surface area (Å²) in [5.41, 5.74) is 2.09. The van der Waals surface area contributed by atoms with Gasteiger partial charge in [-0.2, -0.15) is 0 Å². The van der Waals surface area contributed by atoms with Gasteiger partial charge in [0, 0.05) is 16.7 Å². The quantitative estimate of drug-likeness (QED) is 0.313. The summed E-state index contributed by atoms with van der Waals surface area (Å²) in [6.07, 6.45) is 0. The number of benzene rings is 2. The summed E-state index contributed by atoms with van der Waals surface area (Å²) in [6.45, 7) is 3.57. The molecule has 2 aromatic carbocycles.